The largest absolute Gasteiger partial charge is 0.444 e. The van der Waals surface area contributed by atoms with Gasteiger partial charge in [0, 0.05) is 53.0 Å². The number of amides is 1. The molecule has 0 aromatic carbocycles. The number of piperidine rings is 1. The lowest BCUT2D eigenvalue weighted by atomic mass is 9.96. The third-order valence-electron chi connectivity index (χ3n) is 4.59. The minimum Gasteiger partial charge on any atom is -0.444 e. The molecule has 0 spiro atoms. The standard InChI is InChI=1S/C20H40N4O3/c1-7-23(19(25)27-20(3,4)5)16-17-10-13-24(14-11-17)18(21-6)22-12-9-15-26-8-2/h17H,7-16H2,1-6H3,(H,21,22). The van der Waals surface area contributed by atoms with Gasteiger partial charge in [-0.15, -0.1) is 0 Å². The number of guanidine groups is 1. The Labute approximate surface area is 165 Å². The van der Waals surface area contributed by atoms with Crippen molar-refractivity contribution in [2.24, 2.45) is 10.9 Å². The van der Waals surface area contributed by atoms with E-state index in [4.69, 9.17) is 9.47 Å². The minimum absolute atomic E-state index is 0.209. The van der Waals surface area contributed by atoms with Crippen molar-refractivity contribution < 1.29 is 14.3 Å². The van der Waals surface area contributed by atoms with Gasteiger partial charge in [0.2, 0.25) is 0 Å². The van der Waals surface area contributed by atoms with E-state index in [1.54, 1.807) is 0 Å². The normalized spacial score (nSPS) is 16.4. The van der Waals surface area contributed by atoms with Gasteiger partial charge in [0.15, 0.2) is 5.96 Å². The van der Waals surface area contributed by atoms with E-state index in [1.165, 1.54) is 0 Å². The maximum Gasteiger partial charge on any atom is 0.410 e. The third-order valence-corrected chi connectivity index (χ3v) is 4.59. The van der Waals surface area contributed by atoms with Crippen LogP contribution in [0.1, 0.15) is 53.9 Å². The molecular formula is C20H40N4O3. The third kappa shape index (κ3) is 9.31. The van der Waals surface area contributed by atoms with Crippen molar-refractivity contribution in [3.8, 4) is 0 Å². The first kappa shape index (κ1) is 23.5. The van der Waals surface area contributed by atoms with Gasteiger partial charge in [-0.1, -0.05) is 0 Å². The number of likely N-dealkylation sites (tertiary alicyclic amines) is 1. The van der Waals surface area contributed by atoms with E-state index in [2.05, 4.69) is 15.2 Å². The zero-order chi connectivity index (χ0) is 20.3. The summed E-state index contributed by atoms with van der Waals surface area (Å²) in [5.74, 6) is 1.47. The van der Waals surface area contributed by atoms with Crippen LogP contribution in [0.2, 0.25) is 0 Å². The number of hydrogen-bond donors (Lipinski definition) is 1. The highest BCUT2D eigenvalue weighted by molar-refractivity contribution is 5.79. The van der Waals surface area contributed by atoms with Gasteiger partial charge in [-0.25, -0.2) is 4.79 Å². The van der Waals surface area contributed by atoms with E-state index in [9.17, 15) is 4.79 Å². The zero-order valence-corrected chi connectivity index (χ0v) is 18.2. The van der Waals surface area contributed by atoms with E-state index in [1.807, 2.05) is 46.6 Å². The van der Waals surface area contributed by atoms with Crippen LogP contribution in [0.5, 0.6) is 0 Å². The molecule has 0 bridgehead atoms. The molecule has 1 amide bonds. The lowest BCUT2D eigenvalue weighted by Crippen LogP contribution is -2.48. The number of ether oxygens (including phenoxy) is 2. The SMILES string of the molecule is CCOCCCNC(=NC)N1CCC(CN(CC)C(=O)OC(C)(C)C)CC1. The Kier molecular flexibility index (Phi) is 10.5. The number of hydrogen-bond acceptors (Lipinski definition) is 4. The summed E-state index contributed by atoms with van der Waals surface area (Å²) in [7, 11) is 1.83. The quantitative estimate of drug-likeness (QED) is 0.396. The summed E-state index contributed by atoms with van der Waals surface area (Å²) in [6.07, 6.45) is 2.88. The summed E-state index contributed by atoms with van der Waals surface area (Å²) in [6, 6.07) is 0. The highest BCUT2D eigenvalue weighted by Gasteiger charge is 2.27. The number of nitrogens with zero attached hydrogens (tertiary/aromatic N) is 3. The average molecular weight is 385 g/mol. The molecule has 0 saturated carbocycles. The van der Waals surface area contributed by atoms with Gasteiger partial charge in [-0.3, -0.25) is 4.99 Å². The van der Waals surface area contributed by atoms with Gasteiger partial charge < -0.3 is 24.6 Å². The molecule has 1 aliphatic rings. The fourth-order valence-electron chi connectivity index (χ4n) is 3.15. The first-order valence-electron chi connectivity index (χ1n) is 10.3. The smallest absolute Gasteiger partial charge is 0.410 e. The Morgan fingerprint density at radius 2 is 1.93 bits per heavy atom. The van der Waals surface area contributed by atoms with Crippen LogP contribution in [0.4, 0.5) is 4.79 Å². The van der Waals surface area contributed by atoms with Gasteiger partial charge in [0.25, 0.3) is 0 Å². The number of carbonyl (C=O) groups excluding carboxylic acids is 1. The molecule has 7 heteroatoms. The second kappa shape index (κ2) is 12.1. The summed E-state index contributed by atoms with van der Waals surface area (Å²) in [6.45, 7) is 15.5. The summed E-state index contributed by atoms with van der Waals surface area (Å²) >= 11 is 0. The molecule has 1 aliphatic heterocycles. The van der Waals surface area contributed by atoms with Gasteiger partial charge in [-0.2, -0.15) is 0 Å². The van der Waals surface area contributed by atoms with Crippen molar-refractivity contribution in [2.75, 3.05) is 53.0 Å². The van der Waals surface area contributed by atoms with Crippen molar-refractivity contribution in [1.82, 2.24) is 15.1 Å². The van der Waals surface area contributed by atoms with Crippen LogP contribution in [0, 0.1) is 5.92 Å². The number of nitrogens with one attached hydrogen (secondary N) is 1. The van der Waals surface area contributed by atoms with Crippen molar-refractivity contribution in [3.05, 3.63) is 0 Å². The predicted octanol–water partition coefficient (Wildman–Crippen LogP) is 2.96. The summed E-state index contributed by atoms with van der Waals surface area (Å²) in [5, 5.41) is 3.42. The molecule has 27 heavy (non-hydrogen) atoms. The van der Waals surface area contributed by atoms with E-state index >= 15 is 0 Å². The molecule has 1 rings (SSSR count). The molecule has 1 saturated heterocycles. The zero-order valence-electron chi connectivity index (χ0n) is 18.2. The molecule has 158 valence electrons. The number of rotatable bonds is 8. The Hall–Kier alpha value is -1.50. The first-order chi connectivity index (χ1) is 12.8. The molecule has 1 fully saturated rings. The highest BCUT2D eigenvalue weighted by atomic mass is 16.6. The fraction of sp³-hybridized carbons (Fsp3) is 0.900. The van der Waals surface area contributed by atoms with Crippen LogP contribution < -0.4 is 5.32 Å². The van der Waals surface area contributed by atoms with Crippen LogP contribution in [-0.2, 0) is 9.47 Å². The first-order valence-corrected chi connectivity index (χ1v) is 10.3. The molecule has 0 unspecified atom stereocenters. The Balaban J connectivity index is 2.40. The van der Waals surface area contributed by atoms with Crippen LogP contribution >= 0.6 is 0 Å². The Morgan fingerprint density at radius 1 is 1.26 bits per heavy atom. The maximum atomic E-state index is 12.3. The van der Waals surface area contributed by atoms with Gasteiger partial charge in [-0.05, 0) is 59.8 Å². The van der Waals surface area contributed by atoms with E-state index in [-0.39, 0.29) is 6.09 Å². The average Bonchev–Trinajstić information content (AvgIpc) is 2.62. The van der Waals surface area contributed by atoms with Crippen LogP contribution in [0.15, 0.2) is 4.99 Å². The van der Waals surface area contributed by atoms with Crippen molar-refractivity contribution in [2.45, 2.75) is 59.5 Å². The molecule has 0 atom stereocenters. The predicted molar refractivity (Wildman–Crippen MR) is 110 cm³/mol. The van der Waals surface area contributed by atoms with Gasteiger partial charge in [0.1, 0.15) is 5.60 Å². The summed E-state index contributed by atoms with van der Waals surface area (Å²) < 4.78 is 10.9. The minimum atomic E-state index is -0.450. The summed E-state index contributed by atoms with van der Waals surface area (Å²) in [4.78, 5) is 20.9. The van der Waals surface area contributed by atoms with E-state index in [0.717, 1.165) is 64.6 Å². The van der Waals surface area contributed by atoms with Crippen molar-refractivity contribution in [3.63, 3.8) is 0 Å². The van der Waals surface area contributed by atoms with Crippen LogP contribution in [-0.4, -0.2) is 80.4 Å². The molecule has 1 N–H and O–H groups in total. The maximum absolute atomic E-state index is 12.3. The highest BCUT2D eigenvalue weighted by Crippen LogP contribution is 2.20. The molecule has 0 aromatic rings. The molecule has 0 aromatic heterocycles. The van der Waals surface area contributed by atoms with E-state index in [0.29, 0.717) is 12.5 Å². The van der Waals surface area contributed by atoms with Crippen LogP contribution in [0.25, 0.3) is 0 Å². The number of aliphatic imine (C=N–C) groups is 1. The molecule has 0 radical (unpaired) electrons. The molecule has 0 aliphatic carbocycles. The second-order valence-corrected chi connectivity index (χ2v) is 7.97. The monoisotopic (exact) mass is 384 g/mol. The molecule has 7 nitrogen and oxygen atoms in total. The second-order valence-electron chi connectivity index (χ2n) is 7.97. The van der Waals surface area contributed by atoms with Crippen molar-refractivity contribution in [1.29, 1.82) is 0 Å². The fourth-order valence-corrected chi connectivity index (χ4v) is 3.15. The lowest BCUT2D eigenvalue weighted by molar-refractivity contribution is 0.0214. The summed E-state index contributed by atoms with van der Waals surface area (Å²) in [5.41, 5.74) is -0.450. The molecule has 1 heterocycles. The topological polar surface area (TPSA) is 66.4 Å². The Bertz CT molecular complexity index is 455. The van der Waals surface area contributed by atoms with Gasteiger partial charge in [0.05, 0.1) is 0 Å². The lowest BCUT2D eigenvalue weighted by Gasteiger charge is -2.36. The number of carbonyl (C=O) groups is 1. The molecular weight excluding hydrogens is 344 g/mol. The Morgan fingerprint density at radius 3 is 2.44 bits per heavy atom. The van der Waals surface area contributed by atoms with E-state index < -0.39 is 5.60 Å². The van der Waals surface area contributed by atoms with Crippen LogP contribution in [0.3, 0.4) is 0 Å². The van der Waals surface area contributed by atoms with Crippen molar-refractivity contribution >= 4 is 12.1 Å². The van der Waals surface area contributed by atoms with Gasteiger partial charge >= 0.3 is 6.09 Å².